The summed E-state index contributed by atoms with van der Waals surface area (Å²) in [4.78, 5) is 23.8. The first-order valence-electron chi connectivity index (χ1n) is 12.1. The molecule has 2 N–H and O–H groups in total. The van der Waals surface area contributed by atoms with Gasteiger partial charge in [0, 0.05) is 53.9 Å². The molecule has 7 nitrogen and oxygen atoms in total. The molecule has 2 aliphatic rings. The van der Waals surface area contributed by atoms with Crippen LogP contribution >= 0.6 is 24.0 Å². The highest BCUT2D eigenvalue weighted by molar-refractivity contribution is 14.0. The van der Waals surface area contributed by atoms with E-state index in [0.29, 0.717) is 13.1 Å². The van der Waals surface area contributed by atoms with E-state index in [9.17, 15) is 4.79 Å². The molecule has 0 unspecified atom stereocenters. The van der Waals surface area contributed by atoms with E-state index in [1.165, 1.54) is 30.6 Å². The molecule has 2 fully saturated rings. The van der Waals surface area contributed by atoms with Crippen LogP contribution in [0.4, 0.5) is 0 Å². The summed E-state index contributed by atoms with van der Waals surface area (Å²) in [5.74, 6) is 0.977. The van der Waals surface area contributed by atoms with Gasteiger partial charge in [-0.15, -0.1) is 24.0 Å². The van der Waals surface area contributed by atoms with Crippen molar-refractivity contribution in [3.05, 3.63) is 35.4 Å². The molecule has 3 rings (SSSR count). The fraction of sp³-hybridized carbons (Fsp3) is 0.680. The van der Waals surface area contributed by atoms with E-state index in [1.807, 2.05) is 14.1 Å². The lowest BCUT2D eigenvalue weighted by atomic mass is 9.84. The van der Waals surface area contributed by atoms with Gasteiger partial charge in [-0.1, -0.05) is 37.1 Å². The molecule has 1 heterocycles. The van der Waals surface area contributed by atoms with Gasteiger partial charge in [0.25, 0.3) is 0 Å². The van der Waals surface area contributed by atoms with Crippen molar-refractivity contribution in [1.82, 2.24) is 25.3 Å². The Labute approximate surface area is 217 Å². The Morgan fingerprint density at radius 2 is 1.67 bits per heavy atom. The van der Waals surface area contributed by atoms with Crippen LogP contribution in [0.5, 0.6) is 0 Å². The monoisotopic (exact) mass is 570 g/mol. The molecule has 1 aliphatic heterocycles. The van der Waals surface area contributed by atoms with E-state index >= 15 is 0 Å². The maximum atomic E-state index is 12.8. The van der Waals surface area contributed by atoms with E-state index in [4.69, 9.17) is 0 Å². The number of hydrogen-bond acceptors (Lipinski definition) is 4. The molecular formula is C25H43IN6O. The fourth-order valence-electron chi connectivity index (χ4n) is 4.93. The van der Waals surface area contributed by atoms with Crippen molar-refractivity contribution in [3.63, 3.8) is 0 Å². The molecule has 0 bridgehead atoms. The third-order valence-corrected chi connectivity index (χ3v) is 6.94. The second kappa shape index (κ2) is 13.5. The average Bonchev–Trinajstić information content (AvgIpc) is 3.18. The van der Waals surface area contributed by atoms with Crippen molar-refractivity contribution >= 4 is 35.8 Å². The molecule has 1 aromatic rings. The number of amides is 1. The Morgan fingerprint density at radius 3 is 2.30 bits per heavy atom. The highest BCUT2D eigenvalue weighted by Gasteiger charge is 2.42. The van der Waals surface area contributed by atoms with Crippen molar-refractivity contribution in [2.75, 3.05) is 60.9 Å². The number of halogens is 1. The van der Waals surface area contributed by atoms with Crippen LogP contribution in [0.1, 0.15) is 43.2 Å². The number of nitrogens with one attached hydrogen (secondary N) is 2. The summed E-state index contributed by atoms with van der Waals surface area (Å²) >= 11 is 0. The van der Waals surface area contributed by atoms with Gasteiger partial charge >= 0.3 is 0 Å². The van der Waals surface area contributed by atoms with Crippen molar-refractivity contribution < 1.29 is 4.79 Å². The van der Waals surface area contributed by atoms with Gasteiger partial charge in [0.15, 0.2) is 5.96 Å². The first-order chi connectivity index (χ1) is 15.4. The summed E-state index contributed by atoms with van der Waals surface area (Å²) in [6.07, 6.45) is 5.37. The predicted molar refractivity (Wildman–Crippen MR) is 147 cm³/mol. The second-order valence-electron chi connectivity index (χ2n) is 9.72. The number of guanidine groups is 1. The van der Waals surface area contributed by atoms with E-state index in [2.05, 4.69) is 56.7 Å². The minimum absolute atomic E-state index is 0. The molecule has 0 spiro atoms. The number of carbonyl (C=O) groups excluding carboxylic acids is 1. The Balaban J connectivity index is 0.00000385. The molecule has 1 aromatic carbocycles. The average molecular weight is 571 g/mol. The minimum Gasteiger partial charge on any atom is -0.355 e. The largest absolute Gasteiger partial charge is 0.355 e. The van der Waals surface area contributed by atoms with Crippen LogP contribution in [0.15, 0.2) is 29.3 Å². The van der Waals surface area contributed by atoms with Gasteiger partial charge < -0.3 is 20.4 Å². The minimum atomic E-state index is -0.301. The summed E-state index contributed by atoms with van der Waals surface area (Å²) in [6, 6.07) is 8.89. The summed E-state index contributed by atoms with van der Waals surface area (Å²) in [7, 11) is 7.70. The van der Waals surface area contributed by atoms with E-state index in [0.717, 1.165) is 51.3 Å². The summed E-state index contributed by atoms with van der Waals surface area (Å²) in [6.45, 7) is 7.02. The van der Waals surface area contributed by atoms with Crippen LogP contribution in [-0.4, -0.2) is 87.5 Å². The number of nitrogens with zero attached hydrogens (tertiary/aromatic N) is 4. The Hall–Kier alpha value is -1.39. The SMILES string of the molecule is CN=C(NCc1ccc(CN2CCCN(C)CC2)cc1)NCC1(C(=O)N(C)C)CCCC1.I. The van der Waals surface area contributed by atoms with Crippen LogP contribution in [-0.2, 0) is 17.9 Å². The van der Waals surface area contributed by atoms with Crippen LogP contribution in [0.3, 0.4) is 0 Å². The Kier molecular flexibility index (Phi) is 11.4. The maximum Gasteiger partial charge on any atom is 0.230 e. The van der Waals surface area contributed by atoms with E-state index in [-0.39, 0.29) is 35.3 Å². The van der Waals surface area contributed by atoms with Gasteiger partial charge in [0.05, 0.1) is 5.41 Å². The highest BCUT2D eigenvalue weighted by atomic mass is 127. The molecule has 8 heteroatoms. The summed E-state index contributed by atoms with van der Waals surface area (Å²) in [5, 5.41) is 6.82. The molecule has 186 valence electrons. The third kappa shape index (κ3) is 8.10. The van der Waals surface area contributed by atoms with Crippen molar-refractivity contribution in [3.8, 4) is 0 Å². The second-order valence-corrected chi connectivity index (χ2v) is 9.72. The molecular weight excluding hydrogens is 527 g/mol. The number of likely N-dealkylation sites (N-methyl/N-ethyl adjacent to an activating group) is 1. The van der Waals surface area contributed by atoms with Gasteiger partial charge in [0.1, 0.15) is 0 Å². The summed E-state index contributed by atoms with van der Waals surface area (Å²) < 4.78 is 0. The lowest BCUT2D eigenvalue weighted by Crippen LogP contribution is -2.49. The van der Waals surface area contributed by atoms with E-state index in [1.54, 1.807) is 11.9 Å². The van der Waals surface area contributed by atoms with Crippen LogP contribution in [0.2, 0.25) is 0 Å². The highest BCUT2D eigenvalue weighted by Crippen LogP contribution is 2.38. The Bertz CT molecular complexity index is 761. The van der Waals surface area contributed by atoms with Crippen LogP contribution < -0.4 is 10.6 Å². The van der Waals surface area contributed by atoms with Gasteiger partial charge in [0.2, 0.25) is 5.91 Å². The molecule has 33 heavy (non-hydrogen) atoms. The zero-order chi connectivity index (χ0) is 23.0. The number of aliphatic imine (C=N–C) groups is 1. The normalized spacial score (nSPS) is 19.5. The molecule has 1 saturated heterocycles. The van der Waals surface area contributed by atoms with Crippen LogP contribution in [0.25, 0.3) is 0 Å². The van der Waals surface area contributed by atoms with Crippen molar-refractivity contribution in [2.45, 2.75) is 45.2 Å². The smallest absolute Gasteiger partial charge is 0.230 e. The standard InChI is InChI=1S/C25H42N6O.HI/c1-26-24(28-20-25(12-5-6-13-25)23(32)29(2)3)27-18-21-8-10-22(11-9-21)19-31-15-7-14-30(4)16-17-31;/h8-11H,5-7,12-20H2,1-4H3,(H2,26,27,28);1H. The predicted octanol–water partition coefficient (Wildman–Crippen LogP) is 2.76. The number of carbonyl (C=O) groups is 1. The van der Waals surface area contributed by atoms with Crippen molar-refractivity contribution in [2.24, 2.45) is 10.4 Å². The van der Waals surface area contributed by atoms with Gasteiger partial charge in [-0.25, -0.2) is 0 Å². The van der Waals surface area contributed by atoms with E-state index < -0.39 is 0 Å². The van der Waals surface area contributed by atoms with Gasteiger partial charge in [-0.05, 0) is 50.5 Å². The zero-order valence-corrected chi connectivity index (χ0v) is 23.2. The molecule has 1 saturated carbocycles. The lowest BCUT2D eigenvalue weighted by molar-refractivity contribution is -0.138. The van der Waals surface area contributed by atoms with Crippen LogP contribution in [0, 0.1) is 5.41 Å². The molecule has 1 amide bonds. The fourth-order valence-corrected chi connectivity index (χ4v) is 4.93. The molecule has 1 aliphatic carbocycles. The molecule has 0 radical (unpaired) electrons. The third-order valence-electron chi connectivity index (χ3n) is 6.94. The lowest BCUT2D eigenvalue weighted by Gasteiger charge is -2.31. The number of hydrogen-bond donors (Lipinski definition) is 2. The topological polar surface area (TPSA) is 63.2 Å². The Morgan fingerprint density at radius 1 is 1.00 bits per heavy atom. The molecule has 0 aromatic heterocycles. The summed E-state index contributed by atoms with van der Waals surface area (Å²) in [5.41, 5.74) is 2.30. The molecule has 0 atom stereocenters. The van der Waals surface area contributed by atoms with Crippen molar-refractivity contribution in [1.29, 1.82) is 0 Å². The quantitative estimate of drug-likeness (QED) is 0.300. The first kappa shape index (κ1) is 27.9. The zero-order valence-electron chi connectivity index (χ0n) is 20.9. The van der Waals surface area contributed by atoms with Gasteiger partial charge in [-0.2, -0.15) is 0 Å². The maximum absolute atomic E-state index is 12.8. The van der Waals surface area contributed by atoms with Gasteiger partial charge in [-0.3, -0.25) is 14.7 Å². The number of benzene rings is 1. The first-order valence-corrected chi connectivity index (χ1v) is 12.1. The number of rotatable bonds is 7.